The number of aliphatic hydroxyl groups excluding tert-OH is 1. The molecule has 4 nitrogen and oxygen atoms in total. The number of benzene rings is 1. The number of ether oxygens (including phenoxy) is 1. The van der Waals surface area contributed by atoms with Gasteiger partial charge in [-0.1, -0.05) is 31.6 Å². The van der Waals surface area contributed by atoms with Gasteiger partial charge in [-0.25, -0.2) is 0 Å². The van der Waals surface area contributed by atoms with E-state index >= 15 is 0 Å². The van der Waals surface area contributed by atoms with Gasteiger partial charge in [0.15, 0.2) is 0 Å². The summed E-state index contributed by atoms with van der Waals surface area (Å²) in [7, 11) is 1.96. The largest absolute Gasteiger partial charge is 0.389 e. The van der Waals surface area contributed by atoms with Crippen LogP contribution in [-0.4, -0.2) is 41.5 Å². The highest BCUT2D eigenvalue weighted by molar-refractivity contribution is 5.82. The molecule has 1 saturated carbocycles. The van der Waals surface area contributed by atoms with Crippen molar-refractivity contribution in [2.75, 3.05) is 13.6 Å². The Morgan fingerprint density at radius 2 is 2.09 bits per heavy atom. The molecule has 4 heteroatoms. The molecule has 6 rings (SSSR count). The Labute approximate surface area is 203 Å². The van der Waals surface area contributed by atoms with E-state index in [0.29, 0.717) is 11.3 Å². The average molecular weight is 459 g/mol. The number of aromatic nitrogens is 1. The molecule has 180 valence electrons. The molecule has 1 aromatic carbocycles. The van der Waals surface area contributed by atoms with Gasteiger partial charge in [-0.3, -0.25) is 4.98 Å². The van der Waals surface area contributed by atoms with Gasteiger partial charge in [0.25, 0.3) is 0 Å². The third-order valence-electron chi connectivity index (χ3n) is 9.48. The average Bonchev–Trinajstić information content (AvgIpc) is 3.41. The van der Waals surface area contributed by atoms with Crippen LogP contribution in [0.15, 0.2) is 60.0 Å². The second-order valence-electron chi connectivity index (χ2n) is 11.6. The van der Waals surface area contributed by atoms with Crippen LogP contribution in [0.5, 0.6) is 0 Å². The lowest BCUT2D eigenvalue weighted by atomic mass is 9.71. The number of pyridine rings is 1. The van der Waals surface area contributed by atoms with Gasteiger partial charge in [0.1, 0.15) is 0 Å². The minimum Gasteiger partial charge on any atom is -0.389 e. The molecule has 2 aromatic rings. The van der Waals surface area contributed by atoms with Crippen LogP contribution in [0.1, 0.15) is 69.8 Å². The number of nitrogens with one attached hydrogen (secondary N) is 1. The fourth-order valence-corrected chi connectivity index (χ4v) is 7.52. The second kappa shape index (κ2) is 8.58. The molecule has 2 aliphatic carbocycles. The van der Waals surface area contributed by atoms with Crippen LogP contribution < -0.4 is 5.32 Å². The molecule has 6 atom stereocenters. The van der Waals surface area contributed by atoms with Crippen LogP contribution in [0.3, 0.4) is 0 Å². The molecule has 0 amide bonds. The maximum Gasteiger partial charge on any atom is 0.0942 e. The normalized spacial score (nSPS) is 36.9. The first kappa shape index (κ1) is 22.5. The zero-order valence-corrected chi connectivity index (χ0v) is 20.6. The first-order valence-electron chi connectivity index (χ1n) is 13.3. The van der Waals surface area contributed by atoms with Crippen molar-refractivity contribution in [1.82, 2.24) is 10.3 Å². The zero-order chi connectivity index (χ0) is 23.3. The molecule has 1 spiro atoms. The summed E-state index contributed by atoms with van der Waals surface area (Å²) in [5, 5.41) is 16.5. The molecule has 34 heavy (non-hydrogen) atoms. The Balaban J connectivity index is 1.22. The van der Waals surface area contributed by atoms with E-state index in [2.05, 4.69) is 53.6 Å². The SMILES string of the molecule is CNC[C@H]1C[C@@]23CC[C@@H](O2)C(CC[C@@]2(C)CCC[C@@H]2c2ccc4ccncc4c2)=CC3=C[C@@H]1O. The van der Waals surface area contributed by atoms with Crippen molar-refractivity contribution < 1.29 is 9.84 Å². The lowest BCUT2D eigenvalue weighted by molar-refractivity contribution is -0.0428. The Hall–Kier alpha value is -2.01. The van der Waals surface area contributed by atoms with E-state index in [-0.39, 0.29) is 23.7 Å². The van der Waals surface area contributed by atoms with E-state index in [1.807, 2.05) is 19.4 Å². The summed E-state index contributed by atoms with van der Waals surface area (Å²) in [6.07, 6.45) is 17.5. The Morgan fingerprint density at radius 3 is 2.97 bits per heavy atom. The van der Waals surface area contributed by atoms with Gasteiger partial charge in [-0.05, 0) is 104 Å². The fourth-order valence-electron chi connectivity index (χ4n) is 7.52. The number of fused-ring (bicyclic) bond motifs is 2. The van der Waals surface area contributed by atoms with E-state index in [0.717, 1.165) is 32.2 Å². The standard InChI is InChI=1S/C30H38N2O2/c1-29(10-3-4-26(29)21-6-5-20-9-13-32-19-23(20)14-21)11-7-22-15-25-16-27(33)24(18-31-2)17-30(25)12-8-28(22)34-30/h5-6,9,13-16,19,24,26-28,31,33H,3-4,7-8,10-12,17-18H2,1-2H3/t24-,26-,27+,28-,29-,30-/m1/s1. The molecule has 1 aromatic heterocycles. The van der Waals surface area contributed by atoms with Crippen LogP contribution >= 0.6 is 0 Å². The molecule has 2 aliphatic heterocycles. The summed E-state index contributed by atoms with van der Waals surface area (Å²) >= 11 is 0. The van der Waals surface area contributed by atoms with Crippen LogP contribution in [0, 0.1) is 11.3 Å². The Morgan fingerprint density at radius 1 is 1.18 bits per heavy atom. The van der Waals surface area contributed by atoms with E-state index < -0.39 is 0 Å². The predicted octanol–water partition coefficient (Wildman–Crippen LogP) is 5.67. The number of aliphatic hydroxyl groups is 1. The van der Waals surface area contributed by atoms with E-state index in [1.165, 1.54) is 53.2 Å². The quantitative estimate of drug-likeness (QED) is 0.585. The fraction of sp³-hybridized carbons (Fsp3) is 0.567. The summed E-state index contributed by atoms with van der Waals surface area (Å²) in [5.41, 5.74) is 4.32. The first-order chi connectivity index (χ1) is 16.5. The van der Waals surface area contributed by atoms with E-state index in [4.69, 9.17) is 4.74 Å². The lowest BCUT2D eigenvalue weighted by Gasteiger charge is -2.43. The number of nitrogens with zero attached hydrogens (tertiary/aromatic N) is 1. The third kappa shape index (κ3) is 3.75. The van der Waals surface area contributed by atoms with Crippen molar-refractivity contribution in [2.24, 2.45) is 11.3 Å². The van der Waals surface area contributed by atoms with Crippen molar-refractivity contribution in [3.05, 3.63) is 65.5 Å². The van der Waals surface area contributed by atoms with Crippen molar-refractivity contribution in [1.29, 1.82) is 0 Å². The van der Waals surface area contributed by atoms with Gasteiger partial charge in [0.2, 0.25) is 0 Å². The number of hydrogen-bond donors (Lipinski definition) is 2. The van der Waals surface area contributed by atoms with Crippen molar-refractivity contribution in [2.45, 2.75) is 82.0 Å². The molecular weight excluding hydrogens is 420 g/mol. The van der Waals surface area contributed by atoms with Crippen LogP contribution in [-0.2, 0) is 4.74 Å². The summed E-state index contributed by atoms with van der Waals surface area (Å²) < 4.78 is 6.75. The van der Waals surface area contributed by atoms with E-state index in [1.54, 1.807) is 0 Å². The predicted molar refractivity (Wildman–Crippen MR) is 137 cm³/mol. The zero-order valence-electron chi connectivity index (χ0n) is 20.6. The minimum absolute atomic E-state index is 0.159. The van der Waals surface area contributed by atoms with Gasteiger partial charge in [0.05, 0.1) is 17.8 Å². The molecule has 3 heterocycles. The number of hydrogen-bond acceptors (Lipinski definition) is 4. The van der Waals surface area contributed by atoms with Crippen molar-refractivity contribution in [3.8, 4) is 0 Å². The van der Waals surface area contributed by atoms with Gasteiger partial charge in [-0.15, -0.1) is 0 Å². The number of rotatable bonds is 6. The summed E-state index contributed by atoms with van der Waals surface area (Å²) in [6, 6.07) is 9.09. The van der Waals surface area contributed by atoms with Gasteiger partial charge in [0, 0.05) is 30.2 Å². The Kier molecular flexibility index (Phi) is 5.67. The van der Waals surface area contributed by atoms with Gasteiger partial charge >= 0.3 is 0 Å². The summed E-state index contributed by atoms with van der Waals surface area (Å²) in [6.45, 7) is 3.34. The van der Waals surface area contributed by atoms with Crippen molar-refractivity contribution >= 4 is 10.8 Å². The second-order valence-corrected chi connectivity index (χ2v) is 11.6. The third-order valence-corrected chi connectivity index (χ3v) is 9.48. The highest BCUT2D eigenvalue weighted by Gasteiger charge is 2.51. The molecule has 0 radical (unpaired) electrons. The van der Waals surface area contributed by atoms with Crippen LogP contribution in [0.4, 0.5) is 0 Å². The molecule has 1 saturated heterocycles. The smallest absolute Gasteiger partial charge is 0.0942 e. The molecule has 2 fully saturated rings. The summed E-state index contributed by atoms with van der Waals surface area (Å²) in [5.74, 6) is 0.834. The highest BCUT2D eigenvalue weighted by atomic mass is 16.5. The van der Waals surface area contributed by atoms with Crippen LogP contribution in [0.2, 0.25) is 0 Å². The van der Waals surface area contributed by atoms with Crippen LogP contribution in [0.25, 0.3) is 10.8 Å². The maximum atomic E-state index is 10.7. The van der Waals surface area contributed by atoms with E-state index in [9.17, 15) is 5.11 Å². The van der Waals surface area contributed by atoms with Gasteiger partial charge in [-0.2, -0.15) is 0 Å². The topological polar surface area (TPSA) is 54.4 Å². The van der Waals surface area contributed by atoms with Gasteiger partial charge < -0.3 is 15.2 Å². The molecule has 2 bridgehead atoms. The molecular formula is C30H38N2O2. The Bertz CT molecular complexity index is 1140. The van der Waals surface area contributed by atoms with Crippen molar-refractivity contribution in [3.63, 3.8) is 0 Å². The maximum absolute atomic E-state index is 10.7. The highest BCUT2D eigenvalue weighted by Crippen LogP contribution is 2.55. The minimum atomic E-state index is -0.384. The lowest BCUT2D eigenvalue weighted by Crippen LogP contribution is -2.45. The first-order valence-corrected chi connectivity index (χ1v) is 13.3. The summed E-state index contributed by atoms with van der Waals surface area (Å²) in [4.78, 5) is 4.34. The molecule has 4 aliphatic rings. The monoisotopic (exact) mass is 458 g/mol. The molecule has 2 N–H and O–H groups in total. The molecule has 0 unspecified atom stereocenters.